The Morgan fingerprint density at radius 2 is 2.10 bits per heavy atom. The molecule has 2 rings (SSSR count). The minimum Gasteiger partial charge on any atom is -0.478 e. The second-order valence-corrected chi connectivity index (χ2v) is 4.17. The summed E-state index contributed by atoms with van der Waals surface area (Å²) >= 11 is 0. The maximum atomic E-state index is 12.0. The van der Waals surface area contributed by atoms with Crippen molar-refractivity contribution in [1.29, 1.82) is 0 Å². The summed E-state index contributed by atoms with van der Waals surface area (Å²) < 4.78 is 1.31. The summed E-state index contributed by atoms with van der Waals surface area (Å²) in [5, 5.41) is 21.9. The molecule has 9 nitrogen and oxygen atoms in total. The monoisotopic (exact) mass is 290 g/mol. The van der Waals surface area contributed by atoms with Crippen LogP contribution in [0.25, 0.3) is 0 Å². The van der Waals surface area contributed by atoms with Crippen molar-refractivity contribution in [3.63, 3.8) is 0 Å². The smallest absolute Gasteiger partial charge is 0.337 e. The van der Waals surface area contributed by atoms with Crippen LogP contribution in [0.3, 0.4) is 0 Å². The van der Waals surface area contributed by atoms with E-state index in [0.717, 1.165) is 12.3 Å². The number of rotatable bonds is 4. The van der Waals surface area contributed by atoms with Gasteiger partial charge in [0.15, 0.2) is 0 Å². The van der Waals surface area contributed by atoms with E-state index in [1.165, 1.54) is 30.1 Å². The minimum atomic E-state index is -1.17. The van der Waals surface area contributed by atoms with E-state index in [4.69, 9.17) is 5.11 Å². The first-order chi connectivity index (χ1) is 9.88. The summed E-state index contributed by atoms with van der Waals surface area (Å²) in [6.45, 7) is 0. The average molecular weight is 290 g/mol. The number of amides is 1. The number of carboxylic acid groups (broad SMARTS) is 1. The topological polar surface area (TPSA) is 127 Å². The van der Waals surface area contributed by atoms with Gasteiger partial charge in [-0.25, -0.2) is 4.79 Å². The first kappa shape index (κ1) is 14.2. The molecule has 0 fully saturated rings. The molecule has 2 aromatic heterocycles. The summed E-state index contributed by atoms with van der Waals surface area (Å²) in [6, 6.07) is 2.37. The third-order valence-corrected chi connectivity index (χ3v) is 2.68. The SMILES string of the molecule is Cn1cc([N+](=O)[O-])cc1C(=O)Nc1cncc(C(=O)O)c1. The maximum absolute atomic E-state index is 12.0. The molecule has 0 aliphatic rings. The number of hydrogen-bond donors (Lipinski definition) is 2. The molecule has 2 N–H and O–H groups in total. The minimum absolute atomic E-state index is 0.0717. The van der Waals surface area contributed by atoms with Crippen molar-refractivity contribution in [1.82, 2.24) is 9.55 Å². The number of aromatic carboxylic acids is 1. The summed E-state index contributed by atoms with van der Waals surface area (Å²) in [7, 11) is 1.49. The van der Waals surface area contributed by atoms with Gasteiger partial charge in [0.05, 0.1) is 28.6 Å². The van der Waals surface area contributed by atoms with Crippen molar-refractivity contribution in [2.75, 3.05) is 5.32 Å². The van der Waals surface area contributed by atoms with Crippen molar-refractivity contribution in [3.8, 4) is 0 Å². The van der Waals surface area contributed by atoms with Gasteiger partial charge < -0.3 is 15.0 Å². The molecule has 0 spiro atoms. The third-order valence-electron chi connectivity index (χ3n) is 2.68. The predicted octanol–water partition coefficient (Wildman–Crippen LogP) is 1.28. The molecule has 9 heteroatoms. The van der Waals surface area contributed by atoms with E-state index in [1.54, 1.807) is 0 Å². The zero-order valence-corrected chi connectivity index (χ0v) is 10.8. The summed E-state index contributed by atoms with van der Waals surface area (Å²) in [6.07, 6.45) is 3.63. The lowest BCUT2D eigenvalue weighted by atomic mass is 10.2. The van der Waals surface area contributed by atoms with Crippen molar-refractivity contribution >= 4 is 23.3 Å². The van der Waals surface area contributed by atoms with Crippen molar-refractivity contribution in [2.45, 2.75) is 0 Å². The largest absolute Gasteiger partial charge is 0.478 e. The number of carbonyl (C=O) groups excluding carboxylic acids is 1. The Balaban J connectivity index is 2.24. The molecule has 0 atom stereocenters. The molecule has 2 aromatic rings. The predicted molar refractivity (Wildman–Crippen MR) is 71.2 cm³/mol. The number of carboxylic acids is 1. The maximum Gasteiger partial charge on any atom is 0.337 e. The molecular weight excluding hydrogens is 280 g/mol. The highest BCUT2D eigenvalue weighted by Gasteiger charge is 2.18. The molecule has 0 bridgehead atoms. The Kier molecular flexibility index (Phi) is 3.65. The van der Waals surface area contributed by atoms with Crippen LogP contribution in [0.2, 0.25) is 0 Å². The molecule has 1 amide bonds. The summed E-state index contributed by atoms with van der Waals surface area (Å²) in [4.78, 5) is 36.6. The number of nitrogens with zero attached hydrogens (tertiary/aromatic N) is 3. The van der Waals surface area contributed by atoms with E-state index in [-0.39, 0.29) is 22.6 Å². The molecule has 2 heterocycles. The van der Waals surface area contributed by atoms with Gasteiger partial charge in [0.2, 0.25) is 0 Å². The van der Waals surface area contributed by atoms with E-state index < -0.39 is 16.8 Å². The summed E-state index contributed by atoms with van der Waals surface area (Å²) in [5.41, 5.74) is -0.0306. The molecule has 21 heavy (non-hydrogen) atoms. The zero-order chi connectivity index (χ0) is 15.6. The lowest BCUT2D eigenvalue weighted by Gasteiger charge is -2.05. The molecule has 0 aromatic carbocycles. The first-order valence-electron chi connectivity index (χ1n) is 5.69. The molecule has 108 valence electrons. The van der Waals surface area contributed by atoms with E-state index in [9.17, 15) is 19.7 Å². The van der Waals surface area contributed by atoms with E-state index in [0.29, 0.717) is 0 Å². The number of anilines is 1. The van der Waals surface area contributed by atoms with Crippen molar-refractivity contribution in [2.24, 2.45) is 7.05 Å². The number of nitro groups is 1. The van der Waals surface area contributed by atoms with Gasteiger partial charge >= 0.3 is 5.97 Å². The number of aryl methyl sites for hydroxylation is 1. The highest BCUT2D eigenvalue weighted by Crippen LogP contribution is 2.17. The Morgan fingerprint density at radius 3 is 2.67 bits per heavy atom. The lowest BCUT2D eigenvalue weighted by molar-refractivity contribution is -0.384. The highest BCUT2D eigenvalue weighted by atomic mass is 16.6. The number of hydrogen-bond acceptors (Lipinski definition) is 5. The number of carbonyl (C=O) groups is 2. The average Bonchev–Trinajstić information content (AvgIpc) is 2.81. The second-order valence-electron chi connectivity index (χ2n) is 4.17. The Morgan fingerprint density at radius 1 is 1.38 bits per heavy atom. The van der Waals surface area contributed by atoms with Gasteiger partial charge in [0.25, 0.3) is 11.6 Å². The number of pyridine rings is 1. The molecular formula is C12H10N4O5. The normalized spacial score (nSPS) is 10.1. The fraction of sp³-hybridized carbons (Fsp3) is 0.0833. The first-order valence-corrected chi connectivity index (χ1v) is 5.69. The van der Waals surface area contributed by atoms with Crippen LogP contribution in [0.1, 0.15) is 20.8 Å². The van der Waals surface area contributed by atoms with Gasteiger partial charge in [-0.05, 0) is 6.07 Å². The van der Waals surface area contributed by atoms with Crippen LogP contribution < -0.4 is 5.32 Å². The Labute approximate surface area is 118 Å². The van der Waals surface area contributed by atoms with Crippen molar-refractivity contribution in [3.05, 3.63) is 52.1 Å². The zero-order valence-electron chi connectivity index (χ0n) is 10.8. The van der Waals surface area contributed by atoms with Gasteiger partial charge in [-0.15, -0.1) is 0 Å². The molecule has 0 radical (unpaired) electrons. The lowest BCUT2D eigenvalue weighted by Crippen LogP contribution is -2.15. The number of nitrogens with one attached hydrogen (secondary N) is 1. The van der Waals surface area contributed by atoms with Crippen LogP contribution in [0.5, 0.6) is 0 Å². The second kappa shape index (κ2) is 5.41. The van der Waals surface area contributed by atoms with Gasteiger partial charge in [-0.1, -0.05) is 0 Å². The quantitative estimate of drug-likeness (QED) is 0.644. The molecule has 0 saturated carbocycles. The van der Waals surface area contributed by atoms with Crippen LogP contribution in [0.4, 0.5) is 11.4 Å². The van der Waals surface area contributed by atoms with Crippen LogP contribution in [-0.4, -0.2) is 31.5 Å². The van der Waals surface area contributed by atoms with Gasteiger partial charge in [-0.2, -0.15) is 0 Å². The van der Waals surface area contributed by atoms with Crippen LogP contribution >= 0.6 is 0 Å². The standard InChI is InChI=1S/C12H10N4O5/c1-15-6-9(16(20)21)3-10(15)11(17)14-8-2-7(12(18)19)4-13-5-8/h2-6H,1H3,(H,14,17)(H,18,19). The van der Waals surface area contributed by atoms with E-state index in [1.807, 2.05) is 0 Å². The third kappa shape index (κ3) is 3.03. The molecule has 0 aliphatic heterocycles. The van der Waals surface area contributed by atoms with Crippen LogP contribution in [0, 0.1) is 10.1 Å². The van der Waals surface area contributed by atoms with Gasteiger partial charge in [-0.3, -0.25) is 19.9 Å². The van der Waals surface area contributed by atoms with Crippen molar-refractivity contribution < 1.29 is 19.6 Å². The van der Waals surface area contributed by atoms with E-state index in [2.05, 4.69) is 10.3 Å². The fourth-order valence-corrected chi connectivity index (χ4v) is 1.69. The Bertz CT molecular complexity index is 737. The summed E-state index contributed by atoms with van der Waals surface area (Å²) in [5.74, 6) is -1.77. The number of aromatic nitrogens is 2. The van der Waals surface area contributed by atoms with Gasteiger partial charge in [0.1, 0.15) is 5.69 Å². The molecule has 0 unspecified atom stereocenters. The molecule has 0 saturated heterocycles. The van der Waals surface area contributed by atoms with Gasteiger partial charge in [0, 0.05) is 19.3 Å². The fourth-order valence-electron chi connectivity index (χ4n) is 1.69. The van der Waals surface area contributed by atoms with Crippen LogP contribution in [-0.2, 0) is 7.05 Å². The highest BCUT2D eigenvalue weighted by molar-refractivity contribution is 6.04. The van der Waals surface area contributed by atoms with E-state index >= 15 is 0 Å². The molecule has 0 aliphatic carbocycles. The van der Waals surface area contributed by atoms with Crippen LogP contribution in [0.15, 0.2) is 30.7 Å². The Hall–Kier alpha value is -3.23.